The number of thiophene rings is 1. The monoisotopic (exact) mass is 166 g/mol. The summed E-state index contributed by atoms with van der Waals surface area (Å²) in [5.74, 6) is 0.650. The smallest absolute Gasteiger partial charge is 0.00454 e. The van der Waals surface area contributed by atoms with Crippen molar-refractivity contribution in [3.05, 3.63) is 35.0 Å². The minimum atomic E-state index is 0.650. The minimum Gasteiger partial charge on any atom is -0.149 e. The van der Waals surface area contributed by atoms with Crippen molar-refractivity contribution in [1.82, 2.24) is 0 Å². The fourth-order valence-corrected chi connectivity index (χ4v) is 1.67. The molecule has 1 unspecified atom stereocenters. The van der Waals surface area contributed by atoms with Gasteiger partial charge in [-0.15, -0.1) is 17.9 Å². The molecule has 0 aliphatic heterocycles. The molecule has 0 fully saturated rings. The van der Waals surface area contributed by atoms with Crippen LogP contribution in [0.3, 0.4) is 0 Å². The van der Waals surface area contributed by atoms with Gasteiger partial charge >= 0.3 is 0 Å². The molecular formula is C10H14S. The minimum absolute atomic E-state index is 0.650. The maximum atomic E-state index is 3.76. The van der Waals surface area contributed by atoms with Crippen LogP contribution in [-0.4, -0.2) is 0 Å². The molecule has 0 aromatic carbocycles. The van der Waals surface area contributed by atoms with E-state index >= 15 is 0 Å². The first-order valence-corrected chi connectivity index (χ1v) is 4.86. The number of hydrogen-bond acceptors (Lipinski definition) is 1. The summed E-state index contributed by atoms with van der Waals surface area (Å²) in [6.45, 7) is 5.97. The third-order valence-corrected chi connectivity index (χ3v) is 2.76. The Labute approximate surface area is 72.6 Å². The molecule has 0 aliphatic carbocycles. The van der Waals surface area contributed by atoms with Crippen molar-refractivity contribution >= 4 is 11.3 Å². The van der Waals surface area contributed by atoms with Crippen LogP contribution in [0.4, 0.5) is 0 Å². The molecule has 0 amide bonds. The summed E-state index contributed by atoms with van der Waals surface area (Å²) in [4.78, 5) is 1.48. The van der Waals surface area contributed by atoms with Gasteiger partial charge in [0, 0.05) is 4.88 Å². The highest BCUT2D eigenvalue weighted by molar-refractivity contribution is 7.09. The van der Waals surface area contributed by atoms with E-state index in [1.807, 2.05) is 17.4 Å². The highest BCUT2D eigenvalue weighted by atomic mass is 32.1. The standard InChI is InChI=1S/C10H14S/c1-3-9(2)6-7-10-5-4-8-11-10/h3-5,8-9H,1,6-7H2,2H3. The largest absolute Gasteiger partial charge is 0.149 e. The predicted molar refractivity (Wildman–Crippen MR) is 52.0 cm³/mol. The molecule has 60 valence electrons. The summed E-state index contributed by atoms with van der Waals surface area (Å²) in [7, 11) is 0. The third kappa shape index (κ3) is 2.89. The van der Waals surface area contributed by atoms with Crippen molar-refractivity contribution in [2.75, 3.05) is 0 Å². The Balaban J connectivity index is 2.28. The maximum absolute atomic E-state index is 3.76. The van der Waals surface area contributed by atoms with E-state index in [2.05, 4.69) is 31.0 Å². The molecule has 0 aliphatic rings. The fraction of sp³-hybridized carbons (Fsp3) is 0.400. The molecule has 1 heterocycles. The van der Waals surface area contributed by atoms with Crippen LogP contribution in [0.1, 0.15) is 18.2 Å². The van der Waals surface area contributed by atoms with Gasteiger partial charge in [-0.25, -0.2) is 0 Å². The Bertz CT molecular complexity index is 199. The van der Waals surface area contributed by atoms with Gasteiger partial charge in [0.2, 0.25) is 0 Å². The van der Waals surface area contributed by atoms with Crippen LogP contribution < -0.4 is 0 Å². The average Bonchev–Trinajstić information content (AvgIpc) is 2.52. The van der Waals surface area contributed by atoms with Crippen LogP contribution in [-0.2, 0) is 6.42 Å². The fourth-order valence-electron chi connectivity index (χ4n) is 0.943. The van der Waals surface area contributed by atoms with Crippen molar-refractivity contribution in [3.63, 3.8) is 0 Å². The van der Waals surface area contributed by atoms with Gasteiger partial charge < -0.3 is 0 Å². The summed E-state index contributed by atoms with van der Waals surface area (Å²) >= 11 is 1.84. The molecule has 0 saturated carbocycles. The molecule has 0 N–H and O–H groups in total. The van der Waals surface area contributed by atoms with Crippen LogP contribution >= 0.6 is 11.3 Å². The van der Waals surface area contributed by atoms with E-state index in [4.69, 9.17) is 0 Å². The summed E-state index contributed by atoms with van der Waals surface area (Å²) < 4.78 is 0. The Morgan fingerprint density at radius 1 is 1.73 bits per heavy atom. The van der Waals surface area contributed by atoms with Gasteiger partial charge in [0.05, 0.1) is 0 Å². The number of allylic oxidation sites excluding steroid dienone is 1. The summed E-state index contributed by atoms with van der Waals surface area (Å²) in [5.41, 5.74) is 0. The Hall–Kier alpha value is -0.560. The Kier molecular flexibility index (Phi) is 3.37. The van der Waals surface area contributed by atoms with Crippen molar-refractivity contribution in [3.8, 4) is 0 Å². The zero-order chi connectivity index (χ0) is 8.10. The lowest BCUT2D eigenvalue weighted by molar-refractivity contribution is 0.653. The quantitative estimate of drug-likeness (QED) is 0.600. The molecule has 0 radical (unpaired) electrons. The van der Waals surface area contributed by atoms with Gasteiger partial charge in [0.15, 0.2) is 0 Å². The van der Waals surface area contributed by atoms with Gasteiger partial charge in [0.1, 0.15) is 0 Å². The highest BCUT2D eigenvalue weighted by Gasteiger charge is 1.97. The Morgan fingerprint density at radius 3 is 3.09 bits per heavy atom. The second-order valence-corrected chi connectivity index (χ2v) is 3.86. The van der Waals surface area contributed by atoms with Gasteiger partial charge in [-0.1, -0.05) is 19.1 Å². The number of rotatable bonds is 4. The highest BCUT2D eigenvalue weighted by Crippen LogP contribution is 2.14. The molecule has 0 spiro atoms. The van der Waals surface area contributed by atoms with E-state index in [1.54, 1.807) is 0 Å². The molecular weight excluding hydrogens is 152 g/mol. The molecule has 1 aromatic heterocycles. The third-order valence-electron chi connectivity index (χ3n) is 1.83. The summed E-state index contributed by atoms with van der Waals surface area (Å²) in [6, 6.07) is 4.30. The SMILES string of the molecule is C=CC(C)CCc1cccs1. The maximum Gasteiger partial charge on any atom is 0.00454 e. The lowest BCUT2D eigenvalue weighted by atomic mass is 10.1. The van der Waals surface area contributed by atoms with Crippen molar-refractivity contribution in [1.29, 1.82) is 0 Å². The molecule has 1 aromatic rings. The molecule has 0 nitrogen and oxygen atoms in total. The van der Waals surface area contributed by atoms with E-state index in [1.165, 1.54) is 17.7 Å². The van der Waals surface area contributed by atoms with E-state index in [0.717, 1.165) is 0 Å². The zero-order valence-corrected chi connectivity index (χ0v) is 7.73. The molecule has 1 rings (SSSR count). The van der Waals surface area contributed by atoms with Gasteiger partial charge in [-0.3, -0.25) is 0 Å². The lowest BCUT2D eigenvalue weighted by Crippen LogP contribution is -1.90. The molecule has 0 bridgehead atoms. The van der Waals surface area contributed by atoms with Crippen LogP contribution in [0.25, 0.3) is 0 Å². The van der Waals surface area contributed by atoms with E-state index in [-0.39, 0.29) is 0 Å². The molecule has 1 heteroatoms. The second-order valence-electron chi connectivity index (χ2n) is 2.83. The van der Waals surface area contributed by atoms with Crippen LogP contribution in [0.2, 0.25) is 0 Å². The number of aryl methyl sites for hydroxylation is 1. The Morgan fingerprint density at radius 2 is 2.55 bits per heavy atom. The topological polar surface area (TPSA) is 0 Å². The first-order valence-electron chi connectivity index (χ1n) is 3.98. The summed E-state index contributed by atoms with van der Waals surface area (Å²) in [5, 5.41) is 2.13. The van der Waals surface area contributed by atoms with Crippen molar-refractivity contribution in [2.24, 2.45) is 5.92 Å². The molecule has 0 saturated heterocycles. The summed E-state index contributed by atoms with van der Waals surface area (Å²) in [6.07, 6.45) is 4.45. The lowest BCUT2D eigenvalue weighted by Gasteiger charge is -2.02. The molecule has 11 heavy (non-hydrogen) atoms. The molecule has 1 atom stereocenters. The second kappa shape index (κ2) is 4.35. The van der Waals surface area contributed by atoms with Gasteiger partial charge in [0.25, 0.3) is 0 Å². The van der Waals surface area contributed by atoms with Gasteiger partial charge in [-0.05, 0) is 30.2 Å². The first kappa shape index (κ1) is 8.54. The van der Waals surface area contributed by atoms with Crippen LogP contribution in [0.15, 0.2) is 30.2 Å². The van der Waals surface area contributed by atoms with E-state index < -0.39 is 0 Å². The van der Waals surface area contributed by atoms with Crippen LogP contribution in [0.5, 0.6) is 0 Å². The predicted octanol–water partition coefficient (Wildman–Crippen LogP) is 3.50. The van der Waals surface area contributed by atoms with Crippen molar-refractivity contribution in [2.45, 2.75) is 19.8 Å². The van der Waals surface area contributed by atoms with Crippen molar-refractivity contribution < 1.29 is 0 Å². The zero-order valence-electron chi connectivity index (χ0n) is 6.92. The van der Waals surface area contributed by atoms with E-state index in [9.17, 15) is 0 Å². The number of hydrogen-bond donors (Lipinski definition) is 0. The van der Waals surface area contributed by atoms with Gasteiger partial charge in [-0.2, -0.15) is 0 Å². The van der Waals surface area contributed by atoms with E-state index in [0.29, 0.717) is 5.92 Å². The normalized spacial score (nSPS) is 12.8. The first-order chi connectivity index (χ1) is 5.33. The van der Waals surface area contributed by atoms with Crippen LogP contribution in [0, 0.1) is 5.92 Å². The average molecular weight is 166 g/mol.